The Kier molecular flexibility index (Phi) is 6.09. The van der Waals surface area contributed by atoms with Crippen LogP contribution in [0.5, 0.6) is 0 Å². The minimum atomic E-state index is -3.75. The molecule has 0 saturated carbocycles. The summed E-state index contributed by atoms with van der Waals surface area (Å²) in [6, 6.07) is 9.32. The lowest BCUT2D eigenvalue weighted by atomic mass is 9.91. The fourth-order valence-corrected chi connectivity index (χ4v) is 4.17. The minimum Gasteiger partial charge on any atom is -0.384 e. The highest BCUT2D eigenvalue weighted by molar-refractivity contribution is 5.99. The van der Waals surface area contributed by atoms with Crippen molar-refractivity contribution >= 4 is 27.6 Å². The average Bonchev–Trinajstić information content (AvgIpc) is 2.76. The van der Waals surface area contributed by atoms with Gasteiger partial charge in [-0.1, -0.05) is 12.1 Å². The molecule has 0 saturated heterocycles. The summed E-state index contributed by atoms with van der Waals surface area (Å²) < 4.78 is 45.7. The Bertz CT molecular complexity index is 1510. The second-order valence-electron chi connectivity index (χ2n) is 9.33. The van der Waals surface area contributed by atoms with E-state index in [4.69, 9.17) is 0 Å². The summed E-state index contributed by atoms with van der Waals surface area (Å²) >= 11 is 0. The molecule has 0 aliphatic heterocycles. The molecule has 9 heteroatoms. The number of halogens is 3. The largest absolute Gasteiger partial charge is 0.384 e. The molecule has 0 amide bonds. The third kappa shape index (κ3) is 4.36. The number of nitrogens with zero attached hydrogens (tertiary/aromatic N) is 3. The zero-order valence-corrected chi connectivity index (χ0v) is 20.2. The number of benzene rings is 2. The van der Waals surface area contributed by atoms with Gasteiger partial charge in [0.2, 0.25) is 0 Å². The molecule has 0 aliphatic rings. The number of fused-ring (bicyclic) bond motifs is 2. The number of nitrogens with one attached hydrogen (secondary N) is 1. The highest BCUT2D eigenvalue weighted by atomic mass is 19.3. The van der Waals surface area contributed by atoms with E-state index in [-0.39, 0.29) is 24.1 Å². The Balaban J connectivity index is 1.66. The van der Waals surface area contributed by atoms with Gasteiger partial charge in [0, 0.05) is 29.9 Å². The van der Waals surface area contributed by atoms with E-state index in [0.29, 0.717) is 28.1 Å². The van der Waals surface area contributed by atoms with E-state index in [0.717, 1.165) is 30.8 Å². The van der Waals surface area contributed by atoms with Gasteiger partial charge in [-0.15, -0.1) is 0 Å². The number of alkyl halides is 2. The van der Waals surface area contributed by atoms with E-state index in [9.17, 15) is 23.1 Å². The van der Waals surface area contributed by atoms with Crippen LogP contribution in [-0.2, 0) is 19.4 Å². The molecule has 4 rings (SSSR count). The third-order valence-corrected chi connectivity index (χ3v) is 6.20. The van der Waals surface area contributed by atoms with Gasteiger partial charge in [-0.3, -0.25) is 4.79 Å². The molecule has 35 heavy (non-hydrogen) atoms. The molecule has 0 aliphatic carbocycles. The van der Waals surface area contributed by atoms with Crippen LogP contribution in [0.3, 0.4) is 0 Å². The van der Waals surface area contributed by atoms with E-state index >= 15 is 0 Å². The smallest absolute Gasteiger partial charge is 0.303 e. The van der Waals surface area contributed by atoms with E-state index in [1.165, 1.54) is 12.1 Å². The number of aliphatic hydroxyl groups is 1. The zero-order valence-electron chi connectivity index (χ0n) is 20.2. The van der Waals surface area contributed by atoms with Gasteiger partial charge in [0.25, 0.3) is 5.56 Å². The molecular formula is C26H27F3N4O2. The topological polar surface area (TPSA) is 80.0 Å². The van der Waals surface area contributed by atoms with Gasteiger partial charge >= 0.3 is 5.92 Å². The normalized spacial score (nSPS) is 12.5. The summed E-state index contributed by atoms with van der Waals surface area (Å²) in [4.78, 5) is 21.4. The minimum absolute atomic E-state index is 0.0948. The van der Waals surface area contributed by atoms with Crippen LogP contribution in [-0.4, -0.2) is 31.8 Å². The van der Waals surface area contributed by atoms with Crippen LogP contribution in [0.2, 0.25) is 0 Å². The van der Waals surface area contributed by atoms with Gasteiger partial charge < -0.3 is 15.0 Å². The fourth-order valence-electron chi connectivity index (χ4n) is 4.17. The van der Waals surface area contributed by atoms with E-state index in [2.05, 4.69) is 15.3 Å². The molecule has 0 unspecified atom stereocenters. The Hall–Kier alpha value is -3.46. The predicted octanol–water partition coefficient (Wildman–Crippen LogP) is 4.75. The first-order valence-corrected chi connectivity index (χ1v) is 11.2. The SMILES string of the molecule is Cc1nc(NCCc2cccc(C(F)(F)C(C)(C)O)c2F)c2cc3c(cc(C)c(=O)n3C)cc2n1. The number of rotatable bonds is 6. The van der Waals surface area contributed by atoms with Crippen LogP contribution in [0.15, 0.2) is 41.2 Å². The number of hydrogen-bond donors (Lipinski definition) is 2. The number of aryl methyl sites for hydroxylation is 3. The van der Waals surface area contributed by atoms with E-state index < -0.39 is 22.9 Å². The van der Waals surface area contributed by atoms with Crippen molar-refractivity contribution in [2.24, 2.45) is 7.05 Å². The Morgan fingerprint density at radius 2 is 1.83 bits per heavy atom. The maximum Gasteiger partial charge on any atom is 0.303 e. The van der Waals surface area contributed by atoms with E-state index in [1.807, 2.05) is 18.2 Å². The molecule has 0 bridgehead atoms. The van der Waals surface area contributed by atoms with Crippen LogP contribution in [0, 0.1) is 19.7 Å². The Morgan fingerprint density at radius 3 is 2.51 bits per heavy atom. The fraction of sp³-hybridized carbons (Fsp3) is 0.346. The van der Waals surface area contributed by atoms with Crippen molar-refractivity contribution in [1.29, 1.82) is 0 Å². The lowest BCUT2D eigenvalue weighted by molar-refractivity contribution is -0.170. The lowest BCUT2D eigenvalue weighted by Crippen LogP contribution is -2.41. The lowest BCUT2D eigenvalue weighted by Gasteiger charge is -2.29. The first kappa shape index (κ1) is 24.7. The monoisotopic (exact) mass is 484 g/mol. The molecule has 2 aromatic carbocycles. The number of hydrogen-bond acceptors (Lipinski definition) is 5. The third-order valence-electron chi connectivity index (χ3n) is 6.20. The predicted molar refractivity (Wildman–Crippen MR) is 131 cm³/mol. The number of pyridine rings is 1. The summed E-state index contributed by atoms with van der Waals surface area (Å²) in [7, 11) is 1.70. The molecule has 4 aromatic rings. The van der Waals surface area contributed by atoms with Gasteiger partial charge in [-0.2, -0.15) is 8.78 Å². The standard InChI is InChI=1S/C26H27F3N4O2/c1-14-11-17-12-20-18(13-21(17)33(5)24(14)34)23(32-15(2)31-20)30-10-9-16-7-6-8-19(22(16)27)26(28,29)25(3,4)35/h6-8,11-13,35H,9-10H2,1-5H3,(H,30,31,32). The van der Waals surface area contributed by atoms with Crippen molar-refractivity contribution in [1.82, 2.24) is 14.5 Å². The average molecular weight is 485 g/mol. The summed E-state index contributed by atoms with van der Waals surface area (Å²) in [5.74, 6) is -3.77. The summed E-state index contributed by atoms with van der Waals surface area (Å²) in [6.45, 7) is 5.62. The molecule has 0 spiro atoms. The van der Waals surface area contributed by atoms with Crippen molar-refractivity contribution < 1.29 is 18.3 Å². The van der Waals surface area contributed by atoms with Crippen LogP contribution >= 0.6 is 0 Å². The molecule has 2 aromatic heterocycles. The highest BCUT2D eigenvalue weighted by Crippen LogP contribution is 2.40. The van der Waals surface area contributed by atoms with Gasteiger partial charge in [0.05, 0.1) is 16.6 Å². The molecule has 6 nitrogen and oxygen atoms in total. The van der Waals surface area contributed by atoms with E-state index in [1.54, 1.807) is 25.5 Å². The van der Waals surface area contributed by atoms with Crippen molar-refractivity contribution in [2.75, 3.05) is 11.9 Å². The first-order chi connectivity index (χ1) is 16.3. The molecule has 2 heterocycles. The maximum atomic E-state index is 15.0. The molecule has 0 atom stereocenters. The van der Waals surface area contributed by atoms with Crippen molar-refractivity contribution in [3.8, 4) is 0 Å². The van der Waals surface area contributed by atoms with Crippen LogP contribution in [0.25, 0.3) is 21.8 Å². The van der Waals surface area contributed by atoms with Crippen molar-refractivity contribution in [3.63, 3.8) is 0 Å². The van der Waals surface area contributed by atoms with Gasteiger partial charge in [0.1, 0.15) is 23.1 Å². The summed E-state index contributed by atoms with van der Waals surface area (Å²) in [5, 5.41) is 14.5. The van der Waals surface area contributed by atoms with Crippen LogP contribution < -0.4 is 10.9 Å². The Labute approximate surface area is 200 Å². The maximum absolute atomic E-state index is 15.0. The van der Waals surface area contributed by atoms with Gasteiger partial charge in [-0.25, -0.2) is 14.4 Å². The molecule has 0 fully saturated rings. The molecule has 0 radical (unpaired) electrons. The zero-order chi connectivity index (χ0) is 25.7. The van der Waals surface area contributed by atoms with Crippen LogP contribution in [0.1, 0.15) is 36.4 Å². The quantitative estimate of drug-likeness (QED) is 0.386. The second kappa shape index (κ2) is 8.64. The van der Waals surface area contributed by atoms with Crippen LogP contribution in [0.4, 0.5) is 19.0 Å². The highest BCUT2D eigenvalue weighted by Gasteiger charge is 2.48. The second-order valence-corrected chi connectivity index (χ2v) is 9.33. The number of anilines is 1. The molecule has 184 valence electrons. The van der Waals surface area contributed by atoms with Crippen molar-refractivity contribution in [2.45, 2.75) is 45.6 Å². The van der Waals surface area contributed by atoms with Gasteiger partial charge in [0.15, 0.2) is 0 Å². The summed E-state index contributed by atoms with van der Waals surface area (Å²) in [5.41, 5.74) is -1.23. The van der Waals surface area contributed by atoms with Gasteiger partial charge in [-0.05, 0) is 63.9 Å². The molecular weight excluding hydrogens is 457 g/mol. The van der Waals surface area contributed by atoms with Crippen molar-refractivity contribution in [3.05, 3.63) is 75.1 Å². The Morgan fingerprint density at radius 1 is 1.11 bits per heavy atom. The molecule has 2 N–H and O–H groups in total. The number of aromatic nitrogens is 3. The first-order valence-electron chi connectivity index (χ1n) is 11.2. The summed E-state index contributed by atoms with van der Waals surface area (Å²) in [6.07, 6.45) is 0.109.